The fourth-order valence-electron chi connectivity index (χ4n) is 3.44. The van der Waals surface area contributed by atoms with Gasteiger partial charge in [-0.3, -0.25) is 9.59 Å². The van der Waals surface area contributed by atoms with Crippen LogP contribution in [0.2, 0.25) is 5.02 Å². The van der Waals surface area contributed by atoms with E-state index in [9.17, 15) is 9.59 Å². The quantitative estimate of drug-likeness (QED) is 0.440. The van der Waals surface area contributed by atoms with Crippen molar-refractivity contribution in [2.75, 3.05) is 13.6 Å². The van der Waals surface area contributed by atoms with E-state index in [1.165, 1.54) is 0 Å². The van der Waals surface area contributed by atoms with Crippen LogP contribution in [0.5, 0.6) is 0 Å². The minimum atomic E-state index is -0.346. The Bertz CT molecular complexity index is 1260. The number of rotatable bonds is 7. The van der Waals surface area contributed by atoms with Gasteiger partial charge in [0, 0.05) is 41.5 Å². The molecule has 0 spiro atoms. The van der Waals surface area contributed by atoms with E-state index in [1.807, 2.05) is 71.5 Å². The predicted octanol–water partition coefficient (Wildman–Crippen LogP) is 4.58. The largest absolute Gasteiger partial charge is 0.343 e. The standard InChI is InChI=1S/C26H23ClN4O2/c1-30(24(32)16-28-26(33)20-11-8-12-22(27)15-20)17-21-18-31(23-13-6-3-7-14-23)29-25(21)19-9-4-2-5-10-19/h2-15,18H,16-17H2,1H3,(H,28,33). The molecule has 7 heteroatoms. The Labute approximate surface area is 197 Å². The Morgan fingerprint density at radius 2 is 1.67 bits per heavy atom. The zero-order chi connectivity index (χ0) is 23.2. The van der Waals surface area contributed by atoms with Gasteiger partial charge in [-0.25, -0.2) is 4.68 Å². The molecular weight excluding hydrogens is 436 g/mol. The van der Waals surface area contributed by atoms with Crippen LogP contribution >= 0.6 is 11.6 Å². The van der Waals surface area contributed by atoms with Crippen molar-refractivity contribution in [3.63, 3.8) is 0 Å². The highest BCUT2D eigenvalue weighted by Gasteiger charge is 2.17. The van der Waals surface area contributed by atoms with Crippen molar-refractivity contribution in [2.24, 2.45) is 0 Å². The van der Waals surface area contributed by atoms with E-state index in [0.717, 1.165) is 22.5 Å². The molecule has 0 radical (unpaired) electrons. The third-order valence-electron chi connectivity index (χ3n) is 5.18. The van der Waals surface area contributed by atoms with Crippen LogP contribution in [0.25, 0.3) is 16.9 Å². The normalized spacial score (nSPS) is 10.6. The number of likely N-dealkylation sites (N-methyl/N-ethyl adjacent to an activating group) is 1. The van der Waals surface area contributed by atoms with Crippen LogP contribution in [0.4, 0.5) is 0 Å². The number of amides is 2. The SMILES string of the molecule is CN(Cc1cn(-c2ccccc2)nc1-c1ccccc1)C(=O)CNC(=O)c1cccc(Cl)c1. The van der Waals surface area contributed by atoms with Crippen LogP contribution in [-0.2, 0) is 11.3 Å². The molecule has 0 atom stereocenters. The Morgan fingerprint density at radius 1 is 0.970 bits per heavy atom. The number of hydrogen-bond donors (Lipinski definition) is 1. The number of benzene rings is 3. The number of nitrogens with one attached hydrogen (secondary N) is 1. The lowest BCUT2D eigenvalue weighted by Crippen LogP contribution is -2.37. The zero-order valence-corrected chi connectivity index (χ0v) is 18.9. The van der Waals surface area contributed by atoms with Crippen molar-refractivity contribution in [3.05, 3.63) is 107 Å². The maximum atomic E-state index is 12.7. The van der Waals surface area contributed by atoms with Gasteiger partial charge in [0.1, 0.15) is 0 Å². The highest BCUT2D eigenvalue weighted by molar-refractivity contribution is 6.31. The third-order valence-corrected chi connectivity index (χ3v) is 5.41. The number of aromatic nitrogens is 2. The number of para-hydroxylation sites is 1. The molecule has 0 aliphatic carbocycles. The summed E-state index contributed by atoms with van der Waals surface area (Å²) in [5.41, 5.74) is 4.03. The maximum absolute atomic E-state index is 12.7. The van der Waals surface area contributed by atoms with E-state index in [0.29, 0.717) is 17.1 Å². The summed E-state index contributed by atoms with van der Waals surface area (Å²) in [4.78, 5) is 26.6. The molecule has 4 aromatic rings. The molecule has 6 nitrogen and oxygen atoms in total. The smallest absolute Gasteiger partial charge is 0.251 e. The van der Waals surface area contributed by atoms with Gasteiger partial charge in [-0.1, -0.05) is 66.2 Å². The Balaban J connectivity index is 1.49. The van der Waals surface area contributed by atoms with Crippen LogP contribution in [0, 0.1) is 0 Å². The molecule has 0 unspecified atom stereocenters. The fourth-order valence-corrected chi connectivity index (χ4v) is 3.63. The van der Waals surface area contributed by atoms with E-state index in [4.69, 9.17) is 16.7 Å². The lowest BCUT2D eigenvalue weighted by molar-refractivity contribution is -0.129. The molecule has 1 aromatic heterocycles. The summed E-state index contributed by atoms with van der Waals surface area (Å²) in [6.45, 7) is 0.234. The van der Waals surface area contributed by atoms with Crippen LogP contribution in [-0.4, -0.2) is 40.1 Å². The maximum Gasteiger partial charge on any atom is 0.251 e. The summed E-state index contributed by atoms with van der Waals surface area (Å²) in [6, 6.07) is 26.3. The predicted molar refractivity (Wildman–Crippen MR) is 129 cm³/mol. The van der Waals surface area contributed by atoms with Crippen LogP contribution in [0.3, 0.4) is 0 Å². The highest BCUT2D eigenvalue weighted by Crippen LogP contribution is 2.24. The number of carbonyl (C=O) groups excluding carboxylic acids is 2. The topological polar surface area (TPSA) is 67.2 Å². The second-order valence-corrected chi connectivity index (χ2v) is 8.03. The van der Waals surface area contributed by atoms with Gasteiger partial charge >= 0.3 is 0 Å². The van der Waals surface area contributed by atoms with Gasteiger partial charge in [0.05, 0.1) is 17.9 Å². The summed E-state index contributed by atoms with van der Waals surface area (Å²) in [5, 5.41) is 7.91. The second kappa shape index (κ2) is 10.1. The first-order valence-electron chi connectivity index (χ1n) is 10.5. The van der Waals surface area contributed by atoms with Crippen molar-refractivity contribution in [1.29, 1.82) is 0 Å². The molecule has 1 heterocycles. The third kappa shape index (κ3) is 5.48. The number of nitrogens with zero attached hydrogens (tertiary/aromatic N) is 3. The first-order valence-corrected chi connectivity index (χ1v) is 10.9. The molecule has 0 aliphatic rings. The molecule has 3 aromatic carbocycles. The summed E-state index contributed by atoms with van der Waals surface area (Å²) in [5.74, 6) is -0.557. The van der Waals surface area contributed by atoms with Gasteiger partial charge < -0.3 is 10.2 Å². The average molecular weight is 459 g/mol. The number of hydrogen-bond acceptors (Lipinski definition) is 3. The van der Waals surface area contributed by atoms with Gasteiger partial charge in [-0.05, 0) is 30.3 Å². The molecule has 0 fully saturated rings. The molecule has 2 amide bonds. The monoisotopic (exact) mass is 458 g/mol. The minimum absolute atomic E-state index is 0.116. The van der Waals surface area contributed by atoms with Crippen molar-refractivity contribution in [2.45, 2.75) is 6.54 Å². The van der Waals surface area contributed by atoms with Crippen LogP contribution < -0.4 is 5.32 Å². The van der Waals surface area contributed by atoms with Crippen LogP contribution in [0.1, 0.15) is 15.9 Å². The van der Waals surface area contributed by atoms with E-state index < -0.39 is 0 Å². The highest BCUT2D eigenvalue weighted by atomic mass is 35.5. The molecule has 0 bridgehead atoms. The number of carbonyl (C=O) groups is 2. The Hall–Kier alpha value is -3.90. The first kappa shape index (κ1) is 22.3. The fraction of sp³-hybridized carbons (Fsp3) is 0.115. The molecule has 0 saturated carbocycles. The molecule has 166 valence electrons. The van der Waals surface area contributed by atoms with Gasteiger partial charge in [0.15, 0.2) is 0 Å². The van der Waals surface area contributed by atoms with Gasteiger partial charge in [0.25, 0.3) is 5.91 Å². The molecular formula is C26H23ClN4O2. The summed E-state index contributed by atoms with van der Waals surface area (Å²) < 4.78 is 1.82. The minimum Gasteiger partial charge on any atom is -0.343 e. The van der Waals surface area contributed by atoms with Gasteiger partial charge in [-0.15, -0.1) is 0 Å². The number of halogens is 1. The van der Waals surface area contributed by atoms with Crippen molar-refractivity contribution >= 4 is 23.4 Å². The first-order chi connectivity index (χ1) is 16.0. The average Bonchev–Trinajstić information content (AvgIpc) is 3.27. The summed E-state index contributed by atoms with van der Waals surface area (Å²) >= 11 is 5.94. The Morgan fingerprint density at radius 3 is 2.36 bits per heavy atom. The molecule has 4 rings (SSSR count). The van der Waals surface area contributed by atoms with E-state index in [2.05, 4.69) is 5.32 Å². The van der Waals surface area contributed by atoms with E-state index in [-0.39, 0.29) is 18.4 Å². The Kier molecular flexibility index (Phi) is 6.86. The molecule has 0 saturated heterocycles. The zero-order valence-electron chi connectivity index (χ0n) is 18.1. The van der Waals surface area contributed by atoms with Crippen molar-refractivity contribution in [1.82, 2.24) is 20.0 Å². The summed E-state index contributed by atoms with van der Waals surface area (Å²) in [7, 11) is 1.71. The lowest BCUT2D eigenvalue weighted by Gasteiger charge is -2.17. The van der Waals surface area contributed by atoms with E-state index in [1.54, 1.807) is 36.2 Å². The van der Waals surface area contributed by atoms with E-state index >= 15 is 0 Å². The molecule has 33 heavy (non-hydrogen) atoms. The second-order valence-electron chi connectivity index (χ2n) is 7.59. The molecule has 0 aliphatic heterocycles. The van der Waals surface area contributed by atoms with Crippen LogP contribution in [0.15, 0.2) is 91.1 Å². The van der Waals surface area contributed by atoms with Gasteiger partial charge in [-0.2, -0.15) is 5.10 Å². The van der Waals surface area contributed by atoms with Crippen molar-refractivity contribution < 1.29 is 9.59 Å². The van der Waals surface area contributed by atoms with Crippen molar-refractivity contribution in [3.8, 4) is 16.9 Å². The van der Waals surface area contributed by atoms with Gasteiger partial charge in [0.2, 0.25) is 5.91 Å². The lowest BCUT2D eigenvalue weighted by atomic mass is 10.1. The molecule has 1 N–H and O–H groups in total. The summed E-state index contributed by atoms with van der Waals surface area (Å²) in [6.07, 6.45) is 1.94.